The minimum atomic E-state index is -4.28. The van der Waals surface area contributed by atoms with Crippen molar-refractivity contribution in [2.24, 2.45) is 11.8 Å². The minimum absolute atomic E-state index is 0.0760. The van der Waals surface area contributed by atoms with Crippen molar-refractivity contribution in [3.63, 3.8) is 0 Å². The number of nitrogens with zero attached hydrogens (tertiary/aromatic N) is 2. The number of benzene rings is 1. The summed E-state index contributed by atoms with van der Waals surface area (Å²) >= 11 is 6.43. The Bertz CT molecular complexity index is 1010. The Morgan fingerprint density at radius 2 is 2.00 bits per heavy atom. The van der Waals surface area contributed by atoms with E-state index in [1.807, 2.05) is 24.3 Å². The monoisotopic (exact) mass is 510 g/mol. The highest BCUT2D eigenvalue weighted by Crippen LogP contribution is 2.31. The first-order valence-electron chi connectivity index (χ1n) is 11.9. The fourth-order valence-electron chi connectivity index (χ4n) is 4.63. The number of hydrogen-bond donors (Lipinski definition) is 2. The van der Waals surface area contributed by atoms with Crippen LogP contribution in [0.2, 0.25) is 5.02 Å². The Labute approximate surface area is 208 Å². The molecule has 0 saturated carbocycles. The van der Waals surface area contributed by atoms with Gasteiger partial charge in [0.15, 0.2) is 0 Å². The Morgan fingerprint density at radius 3 is 2.77 bits per heavy atom. The number of hydrogen-bond acceptors (Lipinski definition) is 5. The van der Waals surface area contributed by atoms with Crippen LogP contribution in [0.15, 0.2) is 36.5 Å². The summed E-state index contributed by atoms with van der Waals surface area (Å²) in [6.45, 7) is 1.88. The van der Waals surface area contributed by atoms with Gasteiger partial charge in [0, 0.05) is 43.8 Å². The number of alkyl halides is 3. The highest BCUT2D eigenvalue weighted by molar-refractivity contribution is 6.33. The molecule has 1 aromatic carbocycles. The van der Waals surface area contributed by atoms with Gasteiger partial charge < -0.3 is 15.4 Å². The molecule has 4 rings (SSSR count). The number of halogens is 4. The molecule has 0 bridgehead atoms. The van der Waals surface area contributed by atoms with E-state index in [-0.39, 0.29) is 12.5 Å². The number of carbonyl (C=O) groups is 1. The maximum absolute atomic E-state index is 12.8. The second kappa shape index (κ2) is 11.6. The zero-order valence-electron chi connectivity index (χ0n) is 19.4. The van der Waals surface area contributed by atoms with Crippen LogP contribution in [0.5, 0.6) is 0 Å². The van der Waals surface area contributed by atoms with Crippen LogP contribution in [0, 0.1) is 11.8 Å². The van der Waals surface area contributed by atoms with Crippen LogP contribution in [0.3, 0.4) is 0 Å². The number of pyridine rings is 1. The molecule has 35 heavy (non-hydrogen) atoms. The van der Waals surface area contributed by atoms with E-state index in [9.17, 15) is 18.0 Å². The van der Waals surface area contributed by atoms with Gasteiger partial charge in [-0.1, -0.05) is 23.7 Å². The Balaban J connectivity index is 1.41. The fraction of sp³-hybridized carbons (Fsp3) is 0.520. The zero-order chi connectivity index (χ0) is 24.8. The van der Waals surface area contributed by atoms with Gasteiger partial charge in [0.1, 0.15) is 5.82 Å². The molecule has 10 heteroatoms. The molecule has 0 aliphatic carbocycles. The molecule has 2 aliphatic rings. The topological polar surface area (TPSA) is 66.5 Å². The van der Waals surface area contributed by atoms with Gasteiger partial charge in [-0.3, -0.25) is 9.69 Å². The van der Waals surface area contributed by atoms with Gasteiger partial charge in [0.25, 0.3) is 0 Å². The number of nitrogens with one attached hydrogen (secondary N) is 2. The number of piperidine rings is 1. The maximum Gasteiger partial charge on any atom is 0.401 e. The molecule has 0 unspecified atom stereocenters. The molecular weight excluding hydrogens is 481 g/mol. The summed E-state index contributed by atoms with van der Waals surface area (Å²) in [4.78, 5) is 18.3. The van der Waals surface area contributed by atoms with Crippen molar-refractivity contribution in [3.8, 4) is 11.1 Å². The summed E-state index contributed by atoms with van der Waals surface area (Å²) in [6, 6.07) is 9.57. The largest absolute Gasteiger partial charge is 0.401 e. The Morgan fingerprint density at radius 1 is 1.20 bits per heavy atom. The molecule has 2 fully saturated rings. The standard InChI is InChI=1S/C25H30ClF3N4O2/c26-22-14-31-23(32-24(34)19-4-2-8-33(15-19)16-25(27,28)29)12-21(22)18-3-1-5-20(11-18)30-13-17-6-9-35-10-7-17/h1,3,5,11-12,14,17,19,30H,2,4,6-10,13,15-16H2,(H,31,32,34)/t19-/m1/s1. The highest BCUT2D eigenvalue weighted by atomic mass is 35.5. The number of amides is 1. The zero-order valence-corrected chi connectivity index (χ0v) is 20.2. The fourth-order valence-corrected chi connectivity index (χ4v) is 4.85. The van der Waals surface area contributed by atoms with E-state index in [2.05, 4.69) is 15.6 Å². The van der Waals surface area contributed by atoms with Gasteiger partial charge in [-0.2, -0.15) is 13.2 Å². The smallest absolute Gasteiger partial charge is 0.385 e. The molecule has 2 saturated heterocycles. The van der Waals surface area contributed by atoms with Crippen molar-refractivity contribution in [2.75, 3.05) is 50.0 Å². The lowest BCUT2D eigenvalue weighted by Gasteiger charge is -2.32. The molecule has 2 N–H and O–H groups in total. The first-order chi connectivity index (χ1) is 16.8. The lowest BCUT2D eigenvalue weighted by molar-refractivity contribution is -0.151. The Hall–Kier alpha value is -2.36. The number of rotatable bonds is 7. The molecule has 3 heterocycles. The molecule has 1 aromatic heterocycles. The number of anilines is 2. The molecular formula is C25H30ClF3N4O2. The average molecular weight is 511 g/mol. The summed E-state index contributed by atoms with van der Waals surface area (Å²) in [5.41, 5.74) is 2.56. The van der Waals surface area contributed by atoms with Crippen molar-refractivity contribution in [3.05, 3.63) is 41.6 Å². The van der Waals surface area contributed by atoms with Crippen molar-refractivity contribution < 1.29 is 22.7 Å². The van der Waals surface area contributed by atoms with E-state index >= 15 is 0 Å². The van der Waals surface area contributed by atoms with E-state index in [0.717, 1.165) is 43.9 Å². The molecule has 1 amide bonds. The van der Waals surface area contributed by atoms with Gasteiger partial charge in [0.2, 0.25) is 5.91 Å². The molecule has 190 valence electrons. The molecule has 1 atom stereocenters. The molecule has 0 spiro atoms. The van der Waals surface area contributed by atoms with Gasteiger partial charge in [-0.25, -0.2) is 4.98 Å². The number of likely N-dealkylation sites (tertiary alicyclic amines) is 1. The molecule has 2 aliphatic heterocycles. The van der Waals surface area contributed by atoms with Crippen molar-refractivity contribution in [1.82, 2.24) is 9.88 Å². The second-order valence-electron chi connectivity index (χ2n) is 9.25. The molecule has 0 radical (unpaired) electrons. The summed E-state index contributed by atoms with van der Waals surface area (Å²) in [5.74, 6) is 0.0442. The normalized spacial score (nSPS) is 19.9. The number of carbonyl (C=O) groups excluding carboxylic acids is 1. The van der Waals surface area contributed by atoms with Crippen LogP contribution in [-0.4, -0.2) is 61.4 Å². The van der Waals surface area contributed by atoms with E-state index in [4.69, 9.17) is 16.3 Å². The number of ether oxygens (including phenoxy) is 1. The average Bonchev–Trinajstić information content (AvgIpc) is 2.84. The predicted molar refractivity (Wildman–Crippen MR) is 131 cm³/mol. The quantitative estimate of drug-likeness (QED) is 0.518. The van der Waals surface area contributed by atoms with Gasteiger partial charge >= 0.3 is 6.18 Å². The maximum atomic E-state index is 12.8. The second-order valence-corrected chi connectivity index (χ2v) is 9.65. The van der Waals surface area contributed by atoms with Crippen LogP contribution in [-0.2, 0) is 9.53 Å². The van der Waals surface area contributed by atoms with E-state index in [1.165, 1.54) is 11.1 Å². The first kappa shape index (κ1) is 25.7. The predicted octanol–water partition coefficient (Wildman–Crippen LogP) is 5.45. The lowest BCUT2D eigenvalue weighted by atomic mass is 9.97. The summed E-state index contributed by atoms with van der Waals surface area (Å²) < 4.78 is 43.7. The van der Waals surface area contributed by atoms with Gasteiger partial charge in [-0.15, -0.1) is 0 Å². The van der Waals surface area contributed by atoms with Gasteiger partial charge in [-0.05, 0) is 61.9 Å². The van der Waals surface area contributed by atoms with Crippen LogP contribution in [0.25, 0.3) is 11.1 Å². The Kier molecular flexibility index (Phi) is 8.51. The third kappa shape index (κ3) is 7.56. The van der Waals surface area contributed by atoms with Crippen LogP contribution < -0.4 is 10.6 Å². The summed E-state index contributed by atoms with van der Waals surface area (Å²) in [5, 5.41) is 6.70. The highest BCUT2D eigenvalue weighted by Gasteiger charge is 2.34. The van der Waals surface area contributed by atoms with E-state index in [0.29, 0.717) is 41.7 Å². The molecule has 2 aromatic rings. The minimum Gasteiger partial charge on any atom is -0.385 e. The third-order valence-electron chi connectivity index (χ3n) is 6.50. The first-order valence-corrected chi connectivity index (χ1v) is 12.3. The SMILES string of the molecule is O=C(Nc1cc(-c2cccc(NCC3CCOCC3)c2)c(Cl)cn1)[C@@H]1CCCN(CC(F)(F)F)C1. The van der Waals surface area contributed by atoms with Crippen LogP contribution in [0.1, 0.15) is 25.7 Å². The number of aromatic nitrogens is 1. The van der Waals surface area contributed by atoms with Crippen molar-refractivity contribution in [1.29, 1.82) is 0 Å². The third-order valence-corrected chi connectivity index (χ3v) is 6.80. The van der Waals surface area contributed by atoms with Gasteiger partial charge in [0.05, 0.1) is 17.5 Å². The van der Waals surface area contributed by atoms with Crippen LogP contribution in [0.4, 0.5) is 24.7 Å². The van der Waals surface area contributed by atoms with E-state index in [1.54, 1.807) is 6.07 Å². The van der Waals surface area contributed by atoms with E-state index < -0.39 is 18.6 Å². The van der Waals surface area contributed by atoms with Crippen molar-refractivity contribution >= 4 is 29.0 Å². The van der Waals surface area contributed by atoms with Crippen molar-refractivity contribution in [2.45, 2.75) is 31.9 Å². The lowest BCUT2D eigenvalue weighted by Crippen LogP contribution is -2.44. The molecule has 6 nitrogen and oxygen atoms in total. The summed E-state index contributed by atoms with van der Waals surface area (Å²) in [6.07, 6.45) is 0.370. The van der Waals surface area contributed by atoms with Crippen LogP contribution >= 0.6 is 11.6 Å². The summed E-state index contributed by atoms with van der Waals surface area (Å²) in [7, 11) is 0.